The maximum atomic E-state index is 12.1. The molecule has 21 heavy (non-hydrogen) atoms. The SMILES string of the molecule is CCN(CC)C(=O)c1ccc(C(=O)NCCCN)cc1.Cl. The van der Waals surface area contributed by atoms with Gasteiger partial charge in [-0.05, 0) is 51.1 Å². The maximum absolute atomic E-state index is 12.1. The Hall–Kier alpha value is -1.59. The lowest BCUT2D eigenvalue weighted by molar-refractivity contribution is 0.0772. The lowest BCUT2D eigenvalue weighted by atomic mass is 10.1. The summed E-state index contributed by atoms with van der Waals surface area (Å²) in [7, 11) is 0. The average Bonchev–Trinajstić information content (AvgIpc) is 2.48. The molecule has 1 aromatic carbocycles. The Kier molecular flexibility index (Phi) is 9.41. The third-order valence-corrected chi connectivity index (χ3v) is 3.11. The van der Waals surface area contributed by atoms with Gasteiger partial charge in [0.1, 0.15) is 0 Å². The molecule has 0 saturated carbocycles. The molecule has 0 fully saturated rings. The number of nitrogens with one attached hydrogen (secondary N) is 1. The molecule has 5 nitrogen and oxygen atoms in total. The Morgan fingerprint density at radius 2 is 1.62 bits per heavy atom. The highest BCUT2D eigenvalue weighted by molar-refractivity contribution is 5.97. The topological polar surface area (TPSA) is 75.4 Å². The summed E-state index contributed by atoms with van der Waals surface area (Å²) in [5.41, 5.74) is 6.53. The van der Waals surface area contributed by atoms with Crippen LogP contribution in [-0.4, -0.2) is 42.9 Å². The molecule has 118 valence electrons. The first-order valence-electron chi connectivity index (χ1n) is 7.01. The highest BCUT2D eigenvalue weighted by atomic mass is 35.5. The van der Waals surface area contributed by atoms with Crippen molar-refractivity contribution in [2.45, 2.75) is 20.3 Å². The number of amides is 2. The summed E-state index contributed by atoms with van der Waals surface area (Å²) in [5, 5.41) is 2.78. The lowest BCUT2D eigenvalue weighted by Crippen LogP contribution is -2.30. The summed E-state index contributed by atoms with van der Waals surface area (Å²) in [4.78, 5) is 25.7. The Morgan fingerprint density at radius 3 is 2.10 bits per heavy atom. The minimum Gasteiger partial charge on any atom is -0.352 e. The van der Waals surface area contributed by atoms with Crippen molar-refractivity contribution in [1.82, 2.24) is 10.2 Å². The Bertz CT molecular complexity index is 445. The first kappa shape index (κ1) is 19.4. The molecule has 0 heterocycles. The Labute approximate surface area is 132 Å². The standard InChI is InChI=1S/C15H23N3O2.ClH/c1-3-18(4-2)15(20)13-8-6-12(7-9-13)14(19)17-11-5-10-16;/h6-9H,3-5,10-11,16H2,1-2H3,(H,17,19);1H. The number of hydrogen-bond donors (Lipinski definition) is 2. The number of halogens is 1. The van der Waals surface area contributed by atoms with E-state index in [2.05, 4.69) is 5.32 Å². The molecule has 0 bridgehead atoms. The van der Waals surface area contributed by atoms with E-state index in [9.17, 15) is 9.59 Å². The van der Waals surface area contributed by atoms with Gasteiger partial charge in [0.05, 0.1) is 0 Å². The Balaban J connectivity index is 0.00000400. The fourth-order valence-electron chi connectivity index (χ4n) is 1.86. The zero-order chi connectivity index (χ0) is 15.0. The highest BCUT2D eigenvalue weighted by Gasteiger charge is 2.13. The number of benzene rings is 1. The molecule has 0 spiro atoms. The van der Waals surface area contributed by atoms with Gasteiger partial charge < -0.3 is 16.0 Å². The van der Waals surface area contributed by atoms with Crippen LogP contribution in [0.3, 0.4) is 0 Å². The van der Waals surface area contributed by atoms with Crippen LogP contribution >= 0.6 is 12.4 Å². The quantitative estimate of drug-likeness (QED) is 0.752. The van der Waals surface area contributed by atoms with Crippen LogP contribution in [0.4, 0.5) is 0 Å². The molecule has 3 N–H and O–H groups in total. The zero-order valence-corrected chi connectivity index (χ0v) is 13.4. The molecule has 1 aromatic rings. The maximum Gasteiger partial charge on any atom is 0.253 e. The summed E-state index contributed by atoms with van der Waals surface area (Å²) < 4.78 is 0. The van der Waals surface area contributed by atoms with Crippen molar-refractivity contribution < 1.29 is 9.59 Å². The van der Waals surface area contributed by atoms with Crippen molar-refractivity contribution in [3.63, 3.8) is 0 Å². The van der Waals surface area contributed by atoms with Gasteiger partial charge in [-0.25, -0.2) is 0 Å². The molecule has 0 unspecified atom stereocenters. The van der Waals surface area contributed by atoms with Crippen molar-refractivity contribution in [2.75, 3.05) is 26.2 Å². The summed E-state index contributed by atoms with van der Waals surface area (Å²) in [6.45, 7) is 6.36. The van der Waals surface area contributed by atoms with Crippen LogP contribution in [0.25, 0.3) is 0 Å². The molecule has 6 heteroatoms. The van der Waals surface area contributed by atoms with E-state index in [0.29, 0.717) is 37.3 Å². The second-order valence-corrected chi connectivity index (χ2v) is 4.45. The summed E-state index contributed by atoms with van der Waals surface area (Å²) >= 11 is 0. The van der Waals surface area contributed by atoms with Crippen molar-refractivity contribution in [1.29, 1.82) is 0 Å². The Morgan fingerprint density at radius 1 is 1.10 bits per heavy atom. The average molecular weight is 314 g/mol. The number of rotatable bonds is 7. The molecule has 0 aliphatic heterocycles. The van der Waals surface area contributed by atoms with Crippen LogP contribution in [0.1, 0.15) is 41.0 Å². The second-order valence-electron chi connectivity index (χ2n) is 4.45. The molecule has 0 aliphatic carbocycles. The van der Waals surface area contributed by atoms with Crippen molar-refractivity contribution in [3.8, 4) is 0 Å². The first-order valence-corrected chi connectivity index (χ1v) is 7.01. The number of nitrogens with two attached hydrogens (primary N) is 1. The van der Waals surface area contributed by atoms with Crippen molar-refractivity contribution >= 4 is 24.2 Å². The molecular formula is C15H24ClN3O2. The van der Waals surface area contributed by atoms with Gasteiger partial charge in [0, 0.05) is 30.8 Å². The first-order chi connectivity index (χ1) is 9.63. The number of carbonyl (C=O) groups excluding carboxylic acids is 2. The predicted octanol–water partition coefficient (Wildman–Crippen LogP) is 1.67. The van der Waals surface area contributed by atoms with E-state index in [1.807, 2.05) is 13.8 Å². The van der Waals surface area contributed by atoms with Gasteiger partial charge >= 0.3 is 0 Å². The van der Waals surface area contributed by atoms with Gasteiger partial charge in [-0.1, -0.05) is 0 Å². The minimum atomic E-state index is -0.139. The van der Waals surface area contributed by atoms with Crippen LogP contribution in [0.2, 0.25) is 0 Å². The van der Waals surface area contributed by atoms with E-state index < -0.39 is 0 Å². The van der Waals surface area contributed by atoms with Crippen molar-refractivity contribution in [3.05, 3.63) is 35.4 Å². The molecular weight excluding hydrogens is 290 g/mol. The van der Waals surface area contributed by atoms with E-state index in [1.165, 1.54) is 0 Å². The van der Waals surface area contributed by atoms with Crippen LogP contribution in [0.15, 0.2) is 24.3 Å². The summed E-state index contributed by atoms with van der Waals surface area (Å²) in [6.07, 6.45) is 0.754. The van der Waals surface area contributed by atoms with E-state index in [1.54, 1.807) is 29.2 Å². The van der Waals surface area contributed by atoms with Gasteiger partial charge in [-0.15, -0.1) is 12.4 Å². The minimum absolute atomic E-state index is 0. The molecule has 1 rings (SSSR count). The zero-order valence-electron chi connectivity index (χ0n) is 12.6. The summed E-state index contributed by atoms with van der Waals surface area (Å²) in [5.74, 6) is -0.148. The van der Waals surface area contributed by atoms with E-state index in [4.69, 9.17) is 5.73 Å². The van der Waals surface area contributed by atoms with Gasteiger partial charge in [0.15, 0.2) is 0 Å². The van der Waals surface area contributed by atoms with E-state index >= 15 is 0 Å². The van der Waals surface area contributed by atoms with Gasteiger partial charge in [-0.2, -0.15) is 0 Å². The molecule has 0 aliphatic rings. The van der Waals surface area contributed by atoms with Crippen molar-refractivity contribution in [2.24, 2.45) is 5.73 Å². The third kappa shape index (κ3) is 5.73. The largest absolute Gasteiger partial charge is 0.352 e. The summed E-state index contributed by atoms with van der Waals surface area (Å²) in [6, 6.07) is 6.74. The molecule has 0 radical (unpaired) electrons. The second kappa shape index (κ2) is 10.2. The smallest absolute Gasteiger partial charge is 0.253 e. The number of nitrogens with zero attached hydrogens (tertiary/aromatic N) is 1. The highest BCUT2D eigenvalue weighted by Crippen LogP contribution is 2.08. The third-order valence-electron chi connectivity index (χ3n) is 3.11. The van der Waals surface area contributed by atoms with Gasteiger partial charge in [0.25, 0.3) is 11.8 Å². The van der Waals surface area contributed by atoms with Crippen LogP contribution < -0.4 is 11.1 Å². The predicted molar refractivity (Wildman–Crippen MR) is 86.9 cm³/mol. The molecule has 0 atom stereocenters. The van der Waals surface area contributed by atoms with Crippen LogP contribution in [0, 0.1) is 0 Å². The van der Waals surface area contributed by atoms with E-state index in [-0.39, 0.29) is 24.2 Å². The fraction of sp³-hybridized carbons (Fsp3) is 0.467. The number of hydrogen-bond acceptors (Lipinski definition) is 3. The van der Waals surface area contributed by atoms with Crippen LogP contribution in [-0.2, 0) is 0 Å². The monoisotopic (exact) mass is 313 g/mol. The molecule has 2 amide bonds. The normalized spacial score (nSPS) is 9.67. The number of carbonyl (C=O) groups is 2. The fourth-order valence-corrected chi connectivity index (χ4v) is 1.86. The van der Waals surface area contributed by atoms with Gasteiger partial charge in [-0.3, -0.25) is 9.59 Å². The van der Waals surface area contributed by atoms with Crippen LogP contribution in [0.5, 0.6) is 0 Å². The molecule has 0 aromatic heterocycles. The van der Waals surface area contributed by atoms with Gasteiger partial charge in [0.2, 0.25) is 0 Å². The molecule has 0 saturated heterocycles. The van der Waals surface area contributed by atoms with E-state index in [0.717, 1.165) is 6.42 Å². The lowest BCUT2D eigenvalue weighted by Gasteiger charge is -2.18.